The summed E-state index contributed by atoms with van der Waals surface area (Å²) in [6.45, 7) is 6.91. The van der Waals surface area contributed by atoms with E-state index in [0.717, 1.165) is 32.3 Å². The fourth-order valence-corrected chi connectivity index (χ4v) is 0.945. The number of hydrogen-bond donors (Lipinski definition) is 1. The Morgan fingerprint density at radius 2 is 2.33 bits per heavy atom. The molecular formula is C10H20O2. The molecule has 12 heavy (non-hydrogen) atoms. The Hall–Kier alpha value is -0.340. The predicted octanol–water partition coefficient (Wildman–Crippen LogP) is 2.13. The van der Waals surface area contributed by atoms with Crippen molar-refractivity contribution >= 4 is 0 Å². The second kappa shape index (κ2) is 8.75. The minimum absolute atomic E-state index is 0.295. The molecule has 0 radical (unpaired) electrons. The number of hydrogen-bond acceptors (Lipinski definition) is 2. The Labute approximate surface area is 75.2 Å². The van der Waals surface area contributed by atoms with Crippen LogP contribution in [0.25, 0.3) is 0 Å². The predicted molar refractivity (Wildman–Crippen MR) is 51.2 cm³/mol. The van der Waals surface area contributed by atoms with Crippen LogP contribution in [0.5, 0.6) is 0 Å². The molecule has 0 aromatic carbocycles. The molecule has 0 fully saturated rings. The zero-order valence-corrected chi connectivity index (χ0v) is 7.96. The molecule has 0 saturated heterocycles. The third kappa shape index (κ3) is 7.76. The molecule has 1 atom stereocenters. The Morgan fingerprint density at radius 1 is 1.58 bits per heavy atom. The number of ether oxygens (including phenoxy) is 1. The molecule has 0 aromatic heterocycles. The molecule has 0 saturated carbocycles. The standard InChI is InChI=1S/C10H20O2/c1-3-5-6-7-10(11)9-12-8-4-2/h3,10-11H,1,4-9H2,2H3. The highest BCUT2D eigenvalue weighted by atomic mass is 16.5. The Morgan fingerprint density at radius 3 is 2.92 bits per heavy atom. The van der Waals surface area contributed by atoms with Gasteiger partial charge in [0.25, 0.3) is 0 Å². The summed E-state index contributed by atoms with van der Waals surface area (Å²) in [5.41, 5.74) is 0. The van der Waals surface area contributed by atoms with Gasteiger partial charge in [-0.15, -0.1) is 6.58 Å². The van der Waals surface area contributed by atoms with Gasteiger partial charge in [-0.05, 0) is 25.7 Å². The summed E-state index contributed by atoms with van der Waals surface area (Å²) in [6, 6.07) is 0. The average molecular weight is 172 g/mol. The van der Waals surface area contributed by atoms with E-state index >= 15 is 0 Å². The lowest BCUT2D eigenvalue weighted by molar-refractivity contribution is 0.0320. The second-order valence-electron chi connectivity index (χ2n) is 2.95. The quantitative estimate of drug-likeness (QED) is 0.449. The van der Waals surface area contributed by atoms with Gasteiger partial charge < -0.3 is 9.84 Å². The van der Waals surface area contributed by atoms with Crippen molar-refractivity contribution in [1.29, 1.82) is 0 Å². The van der Waals surface area contributed by atoms with E-state index in [9.17, 15) is 5.11 Å². The highest BCUT2D eigenvalue weighted by molar-refractivity contribution is 4.67. The van der Waals surface area contributed by atoms with Crippen molar-refractivity contribution in [3.8, 4) is 0 Å². The van der Waals surface area contributed by atoms with Gasteiger partial charge in [-0.2, -0.15) is 0 Å². The van der Waals surface area contributed by atoms with Crippen LogP contribution >= 0.6 is 0 Å². The molecule has 2 heteroatoms. The molecule has 0 rings (SSSR count). The summed E-state index contributed by atoms with van der Waals surface area (Å²) in [6.07, 6.45) is 5.39. The fourth-order valence-electron chi connectivity index (χ4n) is 0.945. The molecule has 2 nitrogen and oxygen atoms in total. The van der Waals surface area contributed by atoms with Crippen LogP contribution in [0, 0.1) is 0 Å². The summed E-state index contributed by atoms with van der Waals surface area (Å²) in [7, 11) is 0. The van der Waals surface area contributed by atoms with Crippen LogP contribution in [0.2, 0.25) is 0 Å². The monoisotopic (exact) mass is 172 g/mol. The van der Waals surface area contributed by atoms with Crippen molar-refractivity contribution in [2.45, 2.75) is 38.7 Å². The number of aliphatic hydroxyl groups is 1. The number of unbranched alkanes of at least 4 members (excludes halogenated alkanes) is 1. The lowest BCUT2D eigenvalue weighted by Gasteiger charge is -2.09. The molecule has 0 aliphatic carbocycles. The van der Waals surface area contributed by atoms with Crippen molar-refractivity contribution in [1.82, 2.24) is 0 Å². The second-order valence-corrected chi connectivity index (χ2v) is 2.95. The Kier molecular flexibility index (Phi) is 8.51. The smallest absolute Gasteiger partial charge is 0.0773 e. The van der Waals surface area contributed by atoms with E-state index in [1.807, 2.05) is 6.08 Å². The topological polar surface area (TPSA) is 29.5 Å². The maximum absolute atomic E-state index is 9.34. The van der Waals surface area contributed by atoms with E-state index in [-0.39, 0.29) is 6.10 Å². The van der Waals surface area contributed by atoms with Gasteiger partial charge >= 0.3 is 0 Å². The first-order chi connectivity index (χ1) is 5.81. The van der Waals surface area contributed by atoms with E-state index in [1.165, 1.54) is 0 Å². The van der Waals surface area contributed by atoms with Gasteiger partial charge in [-0.1, -0.05) is 13.0 Å². The van der Waals surface area contributed by atoms with E-state index in [0.29, 0.717) is 6.61 Å². The van der Waals surface area contributed by atoms with Gasteiger partial charge in [0.05, 0.1) is 12.7 Å². The van der Waals surface area contributed by atoms with Gasteiger partial charge in [-0.3, -0.25) is 0 Å². The molecule has 0 spiro atoms. The van der Waals surface area contributed by atoms with Gasteiger partial charge in [0.15, 0.2) is 0 Å². The molecule has 0 amide bonds. The van der Waals surface area contributed by atoms with E-state index < -0.39 is 0 Å². The summed E-state index contributed by atoms with van der Waals surface area (Å²) < 4.78 is 5.20. The molecule has 0 aliphatic rings. The number of allylic oxidation sites excluding steroid dienone is 1. The van der Waals surface area contributed by atoms with Crippen molar-refractivity contribution in [2.75, 3.05) is 13.2 Å². The number of aliphatic hydroxyl groups excluding tert-OH is 1. The van der Waals surface area contributed by atoms with E-state index in [1.54, 1.807) is 0 Å². The zero-order chi connectivity index (χ0) is 9.23. The minimum Gasteiger partial charge on any atom is -0.391 e. The first-order valence-corrected chi connectivity index (χ1v) is 4.68. The maximum Gasteiger partial charge on any atom is 0.0773 e. The van der Waals surface area contributed by atoms with Gasteiger partial charge in [0, 0.05) is 6.61 Å². The van der Waals surface area contributed by atoms with Crippen LogP contribution in [0.15, 0.2) is 12.7 Å². The van der Waals surface area contributed by atoms with Gasteiger partial charge in [-0.25, -0.2) is 0 Å². The summed E-state index contributed by atoms with van der Waals surface area (Å²) in [4.78, 5) is 0. The molecule has 1 N–H and O–H groups in total. The molecular weight excluding hydrogens is 152 g/mol. The first-order valence-electron chi connectivity index (χ1n) is 4.68. The van der Waals surface area contributed by atoms with Crippen molar-refractivity contribution < 1.29 is 9.84 Å². The highest BCUT2D eigenvalue weighted by Crippen LogP contribution is 2.01. The minimum atomic E-state index is -0.295. The average Bonchev–Trinajstić information content (AvgIpc) is 2.06. The molecule has 0 heterocycles. The van der Waals surface area contributed by atoms with Crippen LogP contribution in [0.1, 0.15) is 32.6 Å². The lowest BCUT2D eigenvalue weighted by atomic mass is 10.1. The van der Waals surface area contributed by atoms with E-state index in [4.69, 9.17) is 4.74 Å². The van der Waals surface area contributed by atoms with Crippen LogP contribution in [-0.4, -0.2) is 24.4 Å². The molecule has 0 aliphatic heterocycles. The molecule has 0 aromatic rings. The third-order valence-corrected chi connectivity index (χ3v) is 1.60. The van der Waals surface area contributed by atoms with Crippen LogP contribution in [-0.2, 0) is 4.74 Å². The summed E-state index contributed by atoms with van der Waals surface area (Å²) >= 11 is 0. The highest BCUT2D eigenvalue weighted by Gasteiger charge is 2.01. The number of rotatable bonds is 8. The summed E-state index contributed by atoms with van der Waals surface area (Å²) in [5, 5.41) is 9.34. The SMILES string of the molecule is C=CCCCC(O)COCCC. The Bertz CT molecular complexity index is 102. The zero-order valence-electron chi connectivity index (χ0n) is 7.96. The van der Waals surface area contributed by atoms with Crippen molar-refractivity contribution in [3.63, 3.8) is 0 Å². The normalized spacial score (nSPS) is 12.8. The molecule has 1 unspecified atom stereocenters. The lowest BCUT2D eigenvalue weighted by Crippen LogP contribution is -2.15. The fraction of sp³-hybridized carbons (Fsp3) is 0.800. The third-order valence-electron chi connectivity index (χ3n) is 1.60. The van der Waals surface area contributed by atoms with Crippen LogP contribution in [0.3, 0.4) is 0 Å². The molecule has 0 bridgehead atoms. The van der Waals surface area contributed by atoms with Crippen LogP contribution in [0.4, 0.5) is 0 Å². The van der Waals surface area contributed by atoms with Crippen molar-refractivity contribution in [3.05, 3.63) is 12.7 Å². The summed E-state index contributed by atoms with van der Waals surface area (Å²) in [5.74, 6) is 0. The molecule has 72 valence electrons. The maximum atomic E-state index is 9.34. The van der Waals surface area contributed by atoms with Gasteiger partial charge in [0.1, 0.15) is 0 Å². The largest absolute Gasteiger partial charge is 0.391 e. The van der Waals surface area contributed by atoms with Crippen molar-refractivity contribution in [2.24, 2.45) is 0 Å². The first kappa shape index (κ1) is 11.7. The van der Waals surface area contributed by atoms with Crippen LogP contribution < -0.4 is 0 Å². The van der Waals surface area contributed by atoms with Gasteiger partial charge in [0.2, 0.25) is 0 Å². The Balaban J connectivity index is 3.09. The van der Waals surface area contributed by atoms with E-state index in [2.05, 4.69) is 13.5 Å².